The minimum atomic E-state index is -3.83. The molecule has 0 amide bonds. The predicted molar refractivity (Wildman–Crippen MR) is 134 cm³/mol. The molecule has 0 radical (unpaired) electrons. The zero-order valence-electron chi connectivity index (χ0n) is 19.2. The third-order valence-corrected chi connectivity index (χ3v) is 8.20. The average Bonchev–Trinajstić information content (AvgIpc) is 3.32. The summed E-state index contributed by atoms with van der Waals surface area (Å²) in [5.74, 6) is 1.25. The van der Waals surface area contributed by atoms with Gasteiger partial charge in [-0.25, -0.2) is 8.42 Å². The molecular formula is C28H28N2O3S. The highest BCUT2D eigenvalue weighted by molar-refractivity contribution is 7.91. The zero-order valence-corrected chi connectivity index (χ0v) is 20.0. The first kappa shape index (κ1) is 22.4. The first-order valence-corrected chi connectivity index (χ1v) is 13.2. The van der Waals surface area contributed by atoms with Gasteiger partial charge in [0.05, 0.1) is 4.90 Å². The Labute approximate surface area is 201 Å². The van der Waals surface area contributed by atoms with Crippen molar-refractivity contribution in [3.05, 3.63) is 96.1 Å². The number of anilines is 1. The molecule has 0 aliphatic carbocycles. The molecule has 1 aromatic heterocycles. The number of aromatic nitrogens is 1. The van der Waals surface area contributed by atoms with Crippen LogP contribution in [0.4, 0.5) is 5.88 Å². The van der Waals surface area contributed by atoms with Gasteiger partial charge in [-0.05, 0) is 61.4 Å². The summed E-state index contributed by atoms with van der Waals surface area (Å²) in [7, 11) is -3.83. The molecule has 0 N–H and O–H groups in total. The molecule has 174 valence electrons. The molecule has 5 rings (SSSR count). The Bertz CT molecular complexity index is 1360. The number of benzene rings is 3. The summed E-state index contributed by atoms with van der Waals surface area (Å²) in [5, 5.41) is -0.00142. The molecule has 34 heavy (non-hydrogen) atoms. The van der Waals surface area contributed by atoms with Crippen LogP contribution in [0.25, 0.3) is 11.5 Å². The summed E-state index contributed by atoms with van der Waals surface area (Å²) < 4.78 is 33.4. The lowest BCUT2D eigenvalue weighted by Gasteiger charge is -2.32. The molecule has 0 bridgehead atoms. The highest BCUT2D eigenvalue weighted by Crippen LogP contribution is 2.37. The first-order valence-electron chi connectivity index (χ1n) is 11.7. The lowest BCUT2D eigenvalue weighted by atomic mass is 9.90. The van der Waals surface area contributed by atoms with Crippen molar-refractivity contribution in [1.29, 1.82) is 0 Å². The van der Waals surface area contributed by atoms with Gasteiger partial charge >= 0.3 is 0 Å². The first-order chi connectivity index (χ1) is 16.5. The number of oxazole rings is 1. The summed E-state index contributed by atoms with van der Waals surface area (Å²) in [4.78, 5) is 6.82. The van der Waals surface area contributed by atoms with Gasteiger partial charge < -0.3 is 9.32 Å². The largest absolute Gasteiger partial charge is 0.419 e. The number of rotatable bonds is 6. The SMILES string of the molecule is Cc1ccccc1-c1nc(S(=O)(=O)c2ccccc2)c(N2CCC(Cc3ccccc3)CC2)o1. The van der Waals surface area contributed by atoms with E-state index in [0.29, 0.717) is 17.7 Å². The Kier molecular flexibility index (Phi) is 6.24. The van der Waals surface area contributed by atoms with Crippen LogP contribution in [0.2, 0.25) is 0 Å². The van der Waals surface area contributed by atoms with Crippen LogP contribution in [-0.2, 0) is 16.3 Å². The molecule has 5 nitrogen and oxygen atoms in total. The second-order valence-corrected chi connectivity index (χ2v) is 10.7. The van der Waals surface area contributed by atoms with Crippen LogP contribution in [0.3, 0.4) is 0 Å². The van der Waals surface area contributed by atoms with E-state index in [1.807, 2.05) is 42.2 Å². The van der Waals surface area contributed by atoms with Gasteiger partial charge in [-0.2, -0.15) is 4.98 Å². The smallest absolute Gasteiger partial charge is 0.236 e. The van der Waals surface area contributed by atoms with Gasteiger partial charge in [0.1, 0.15) is 0 Å². The molecule has 1 saturated heterocycles. The van der Waals surface area contributed by atoms with E-state index in [1.165, 1.54) is 5.56 Å². The molecule has 3 aromatic carbocycles. The Balaban J connectivity index is 1.47. The number of aryl methyl sites for hydroxylation is 1. The lowest BCUT2D eigenvalue weighted by molar-refractivity contribution is 0.387. The van der Waals surface area contributed by atoms with Crippen LogP contribution in [0, 0.1) is 12.8 Å². The van der Waals surface area contributed by atoms with Crippen LogP contribution >= 0.6 is 0 Å². The molecule has 1 fully saturated rings. The van der Waals surface area contributed by atoms with Gasteiger partial charge in [-0.3, -0.25) is 0 Å². The van der Waals surface area contributed by atoms with E-state index in [-0.39, 0.29) is 9.92 Å². The normalized spacial score (nSPS) is 14.9. The predicted octanol–water partition coefficient (Wildman–Crippen LogP) is 5.94. The second-order valence-electron chi connectivity index (χ2n) is 8.88. The van der Waals surface area contributed by atoms with Crippen molar-refractivity contribution in [3.63, 3.8) is 0 Å². The third-order valence-electron chi connectivity index (χ3n) is 6.53. The van der Waals surface area contributed by atoms with Crippen LogP contribution in [0.15, 0.2) is 99.3 Å². The van der Waals surface area contributed by atoms with Crippen LogP contribution in [0.5, 0.6) is 0 Å². The molecule has 2 heterocycles. The van der Waals surface area contributed by atoms with Gasteiger partial charge in [0.15, 0.2) is 0 Å². The Morgan fingerprint density at radius 2 is 1.50 bits per heavy atom. The van der Waals surface area contributed by atoms with E-state index >= 15 is 0 Å². The van der Waals surface area contributed by atoms with E-state index in [9.17, 15) is 8.42 Å². The fourth-order valence-electron chi connectivity index (χ4n) is 4.60. The van der Waals surface area contributed by atoms with Gasteiger partial charge in [-0.15, -0.1) is 0 Å². The Hall–Kier alpha value is -3.38. The molecule has 0 spiro atoms. The number of hydrogen-bond acceptors (Lipinski definition) is 5. The van der Waals surface area contributed by atoms with E-state index < -0.39 is 9.84 Å². The van der Waals surface area contributed by atoms with Crippen molar-refractivity contribution in [1.82, 2.24) is 4.98 Å². The average molecular weight is 473 g/mol. The monoisotopic (exact) mass is 472 g/mol. The molecule has 4 aromatic rings. The number of sulfone groups is 1. The van der Waals surface area contributed by atoms with Crippen molar-refractivity contribution in [2.75, 3.05) is 18.0 Å². The molecule has 1 aliphatic rings. The maximum atomic E-state index is 13.6. The third kappa shape index (κ3) is 4.50. The topological polar surface area (TPSA) is 63.4 Å². The van der Waals surface area contributed by atoms with E-state index in [1.54, 1.807) is 30.3 Å². The summed E-state index contributed by atoms with van der Waals surface area (Å²) in [6.45, 7) is 3.44. The maximum absolute atomic E-state index is 13.6. The van der Waals surface area contributed by atoms with Gasteiger partial charge in [0, 0.05) is 18.7 Å². The molecule has 1 aliphatic heterocycles. The van der Waals surface area contributed by atoms with Gasteiger partial charge in [0.25, 0.3) is 0 Å². The molecule has 0 saturated carbocycles. The minimum absolute atomic E-state index is 0.00142. The van der Waals surface area contributed by atoms with E-state index in [4.69, 9.17) is 4.42 Å². The van der Waals surface area contributed by atoms with Gasteiger partial charge in [0.2, 0.25) is 26.6 Å². The quantitative estimate of drug-likeness (QED) is 0.347. The van der Waals surface area contributed by atoms with Crippen molar-refractivity contribution >= 4 is 15.7 Å². The van der Waals surface area contributed by atoms with Crippen LogP contribution in [0.1, 0.15) is 24.0 Å². The summed E-state index contributed by atoms with van der Waals surface area (Å²) >= 11 is 0. The number of hydrogen-bond donors (Lipinski definition) is 0. The summed E-state index contributed by atoms with van der Waals surface area (Å²) in [6, 6.07) is 26.7. The Morgan fingerprint density at radius 3 is 2.18 bits per heavy atom. The van der Waals surface area contributed by atoms with Crippen molar-refractivity contribution < 1.29 is 12.8 Å². The lowest BCUT2D eigenvalue weighted by Crippen LogP contribution is -2.34. The second kappa shape index (κ2) is 9.47. The molecular weight excluding hydrogens is 444 g/mol. The highest BCUT2D eigenvalue weighted by Gasteiger charge is 2.33. The molecule has 0 unspecified atom stereocenters. The maximum Gasteiger partial charge on any atom is 0.236 e. The standard InChI is InChI=1S/C28H28N2O3S/c1-21-10-8-9-15-25(21)26-29-27(34(31,32)24-13-6-3-7-14-24)28(33-26)30-18-16-23(17-19-30)20-22-11-4-2-5-12-22/h2-15,23H,16-20H2,1H3. The fraction of sp³-hybridized carbons (Fsp3) is 0.250. The van der Waals surface area contributed by atoms with Crippen molar-refractivity contribution in [2.45, 2.75) is 36.1 Å². The van der Waals surface area contributed by atoms with Crippen LogP contribution in [-0.4, -0.2) is 26.5 Å². The summed E-state index contributed by atoms with van der Waals surface area (Å²) in [6.07, 6.45) is 2.98. The van der Waals surface area contributed by atoms with Crippen molar-refractivity contribution in [3.8, 4) is 11.5 Å². The Morgan fingerprint density at radius 1 is 0.882 bits per heavy atom. The minimum Gasteiger partial charge on any atom is -0.419 e. The number of nitrogens with zero attached hydrogens (tertiary/aromatic N) is 2. The fourth-order valence-corrected chi connectivity index (χ4v) is 5.94. The molecule has 0 atom stereocenters. The van der Waals surface area contributed by atoms with E-state index in [0.717, 1.165) is 43.5 Å². The molecule has 6 heteroatoms. The highest BCUT2D eigenvalue weighted by atomic mass is 32.2. The van der Waals surface area contributed by atoms with Crippen LogP contribution < -0.4 is 4.90 Å². The van der Waals surface area contributed by atoms with Gasteiger partial charge in [-0.1, -0.05) is 66.7 Å². The number of piperidine rings is 1. The zero-order chi connectivity index (χ0) is 23.5. The van der Waals surface area contributed by atoms with Crippen molar-refractivity contribution in [2.24, 2.45) is 5.92 Å². The van der Waals surface area contributed by atoms with E-state index in [2.05, 4.69) is 29.2 Å². The summed E-state index contributed by atoms with van der Waals surface area (Å²) in [5.41, 5.74) is 3.13.